The van der Waals surface area contributed by atoms with Crippen LogP contribution in [0.3, 0.4) is 0 Å². The first kappa shape index (κ1) is 15.0. The topological polar surface area (TPSA) is 44.7 Å². The molecule has 1 aliphatic rings. The highest BCUT2D eigenvalue weighted by molar-refractivity contribution is 6.19. The quantitative estimate of drug-likeness (QED) is 0.886. The zero-order chi connectivity index (χ0) is 16.4. The molecule has 0 unspecified atom stereocenters. The molecule has 1 N–H and O–H groups in total. The minimum absolute atomic E-state index is 0.240. The maximum atomic E-state index is 13.8. The SMILES string of the molecule is CN(C)c1ccc(C=C2N=C(c3ccccc3F)NC2=O)cc1. The van der Waals surface area contributed by atoms with Gasteiger partial charge in [-0.25, -0.2) is 9.38 Å². The smallest absolute Gasteiger partial charge is 0.275 e. The molecular formula is C18H16FN3O. The van der Waals surface area contributed by atoms with Crippen LogP contribution in [0.25, 0.3) is 6.08 Å². The summed E-state index contributed by atoms with van der Waals surface area (Å²) in [5.74, 6) is -0.507. The largest absolute Gasteiger partial charge is 0.378 e. The summed E-state index contributed by atoms with van der Waals surface area (Å²) >= 11 is 0. The Balaban J connectivity index is 1.90. The van der Waals surface area contributed by atoms with Gasteiger partial charge in [0.1, 0.15) is 17.3 Å². The zero-order valence-corrected chi connectivity index (χ0v) is 12.9. The molecular weight excluding hydrogens is 293 g/mol. The van der Waals surface area contributed by atoms with Crippen molar-refractivity contribution < 1.29 is 9.18 Å². The molecule has 0 aromatic heterocycles. The first-order valence-corrected chi connectivity index (χ1v) is 7.18. The van der Waals surface area contributed by atoms with E-state index in [0.29, 0.717) is 0 Å². The Morgan fingerprint density at radius 3 is 2.43 bits per heavy atom. The standard InChI is InChI=1S/C18H16FN3O/c1-22(2)13-9-7-12(8-10-13)11-16-18(23)21-17(20-16)14-5-3-4-6-15(14)19/h3-11H,1-2H3,(H,20,21,23). The van der Waals surface area contributed by atoms with E-state index in [1.54, 1.807) is 24.3 Å². The number of amides is 1. The molecule has 1 amide bonds. The third kappa shape index (κ3) is 3.13. The lowest BCUT2D eigenvalue weighted by Crippen LogP contribution is -2.25. The number of rotatable bonds is 3. The van der Waals surface area contributed by atoms with Crippen LogP contribution in [-0.2, 0) is 4.79 Å². The van der Waals surface area contributed by atoms with E-state index in [9.17, 15) is 9.18 Å². The molecule has 0 atom stereocenters. The normalized spacial score (nSPS) is 15.5. The Morgan fingerprint density at radius 1 is 1.09 bits per heavy atom. The van der Waals surface area contributed by atoms with Crippen LogP contribution in [-0.4, -0.2) is 25.8 Å². The third-order valence-electron chi connectivity index (χ3n) is 3.54. The van der Waals surface area contributed by atoms with Gasteiger partial charge < -0.3 is 10.2 Å². The van der Waals surface area contributed by atoms with Crippen molar-refractivity contribution in [2.45, 2.75) is 0 Å². The van der Waals surface area contributed by atoms with Gasteiger partial charge in [-0.15, -0.1) is 0 Å². The summed E-state index contributed by atoms with van der Waals surface area (Å²) in [6, 6.07) is 14.0. The molecule has 5 heteroatoms. The van der Waals surface area contributed by atoms with Gasteiger partial charge in [0.25, 0.3) is 5.91 Å². The monoisotopic (exact) mass is 309 g/mol. The van der Waals surface area contributed by atoms with Crippen molar-refractivity contribution in [1.29, 1.82) is 0 Å². The van der Waals surface area contributed by atoms with E-state index in [1.807, 2.05) is 43.3 Å². The molecule has 1 aliphatic heterocycles. The molecule has 0 spiro atoms. The first-order valence-electron chi connectivity index (χ1n) is 7.18. The molecule has 23 heavy (non-hydrogen) atoms. The summed E-state index contributed by atoms with van der Waals surface area (Å²) in [6.07, 6.45) is 1.68. The van der Waals surface area contributed by atoms with Crippen LogP contribution in [0.15, 0.2) is 59.2 Å². The second kappa shape index (κ2) is 6.04. The molecule has 4 nitrogen and oxygen atoms in total. The maximum absolute atomic E-state index is 13.8. The third-order valence-corrected chi connectivity index (χ3v) is 3.54. The van der Waals surface area contributed by atoms with Gasteiger partial charge in [0.15, 0.2) is 0 Å². The van der Waals surface area contributed by atoms with Crippen LogP contribution in [0, 0.1) is 5.82 Å². The molecule has 0 saturated carbocycles. The summed E-state index contributed by atoms with van der Waals surface area (Å²) in [6.45, 7) is 0. The van der Waals surface area contributed by atoms with Crippen molar-refractivity contribution in [2.75, 3.05) is 19.0 Å². The number of halogens is 1. The van der Waals surface area contributed by atoms with E-state index in [2.05, 4.69) is 10.3 Å². The second-order valence-electron chi connectivity index (χ2n) is 5.41. The van der Waals surface area contributed by atoms with Crippen molar-refractivity contribution in [3.63, 3.8) is 0 Å². The lowest BCUT2D eigenvalue weighted by molar-refractivity contribution is -0.115. The van der Waals surface area contributed by atoms with Crippen LogP contribution >= 0.6 is 0 Å². The van der Waals surface area contributed by atoms with Crippen LogP contribution in [0.2, 0.25) is 0 Å². The summed E-state index contributed by atoms with van der Waals surface area (Å²) in [5.41, 5.74) is 2.48. The minimum atomic E-state index is -0.414. The number of hydrogen-bond donors (Lipinski definition) is 1. The highest BCUT2D eigenvalue weighted by atomic mass is 19.1. The van der Waals surface area contributed by atoms with E-state index < -0.39 is 5.82 Å². The van der Waals surface area contributed by atoms with Gasteiger partial charge in [0, 0.05) is 19.8 Å². The fraction of sp³-hybridized carbons (Fsp3) is 0.111. The molecule has 0 saturated heterocycles. The van der Waals surface area contributed by atoms with Crippen molar-refractivity contribution >= 4 is 23.5 Å². The zero-order valence-electron chi connectivity index (χ0n) is 12.9. The van der Waals surface area contributed by atoms with E-state index in [-0.39, 0.29) is 23.0 Å². The van der Waals surface area contributed by atoms with Crippen molar-refractivity contribution in [1.82, 2.24) is 5.32 Å². The average molecular weight is 309 g/mol. The number of benzene rings is 2. The van der Waals surface area contributed by atoms with Crippen molar-refractivity contribution in [2.24, 2.45) is 4.99 Å². The molecule has 1 heterocycles. The van der Waals surface area contributed by atoms with E-state index >= 15 is 0 Å². The van der Waals surface area contributed by atoms with E-state index in [4.69, 9.17) is 0 Å². The Bertz CT molecular complexity index is 807. The molecule has 2 aromatic carbocycles. The summed E-state index contributed by atoms with van der Waals surface area (Å²) < 4.78 is 13.8. The van der Waals surface area contributed by atoms with Gasteiger partial charge in [0.05, 0.1) is 5.56 Å². The number of hydrogen-bond acceptors (Lipinski definition) is 3. The predicted octanol–water partition coefficient (Wildman–Crippen LogP) is 2.81. The summed E-state index contributed by atoms with van der Waals surface area (Å²) in [4.78, 5) is 18.2. The van der Waals surface area contributed by atoms with Gasteiger partial charge >= 0.3 is 0 Å². The van der Waals surface area contributed by atoms with Crippen LogP contribution in [0.1, 0.15) is 11.1 Å². The number of amidine groups is 1. The van der Waals surface area contributed by atoms with Crippen LogP contribution < -0.4 is 10.2 Å². The number of carbonyl (C=O) groups is 1. The number of carbonyl (C=O) groups excluding carboxylic acids is 1. The molecule has 0 aliphatic carbocycles. The number of nitrogens with one attached hydrogen (secondary N) is 1. The fourth-order valence-corrected chi connectivity index (χ4v) is 2.28. The first-order chi connectivity index (χ1) is 11.0. The molecule has 3 rings (SSSR count). The summed E-state index contributed by atoms with van der Waals surface area (Å²) in [7, 11) is 3.92. The van der Waals surface area contributed by atoms with E-state index in [1.165, 1.54) is 6.07 Å². The van der Waals surface area contributed by atoms with Gasteiger partial charge in [0.2, 0.25) is 0 Å². The fourth-order valence-electron chi connectivity index (χ4n) is 2.28. The number of anilines is 1. The minimum Gasteiger partial charge on any atom is -0.378 e. The number of aliphatic imine (C=N–C) groups is 1. The maximum Gasteiger partial charge on any atom is 0.275 e. The molecule has 2 aromatic rings. The number of nitrogens with zero attached hydrogens (tertiary/aromatic N) is 2. The van der Waals surface area contributed by atoms with Gasteiger partial charge in [-0.1, -0.05) is 24.3 Å². The Kier molecular flexibility index (Phi) is 3.93. The molecule has 0 fully saturated rings. The highest BCUT2D eigenvalue weighted by Gasteiger charge is 2.22. The summed E-state index contributed by atoms with van der Waals surface area (Å²) in [5, 5.41) is 2.61. The van der Waals surface area contributed by atoms with Crippen LogP contribution in [0.4, 0.5) is 10.1 Å². The van der Waals surface area contributed by atoms with Gasteiger partial charge in [-0.2, -0.15) is 0 Å². The predicted molar refractivity (Wildman–Crippen MR) is 89.8 cm³/mol. The lowest BCUT2D eigenvalue weighted by atomic mass is 10.1. The second-order valence-corrected chi connectivity index (χ2v) is 5.41. The van der Waals surface area contributed by atoms with Crippen LogP contribution in [0.5, 0.6) is 0 Å². The van der Waals surface area contributed by atoms with Gasteiger partial charge in [-0.3, -0.25) is 4.79 Å². The lowest BCUT2D eigenvalue weighted by Gasteiger charge is -2.11. The van der Waals surface area contributed by atoms with Crippen molar-refractivity contribution in [3.05, 3.63) is 71.2 Å². The average Bonchev–Trinajstić information content (AvgIpc) is 2.89. The molecule has 0 bridgehead atoms. The molecule has 116 valence electrons. The Labute approximate surface area is 134 Å². The van der Waals surface area contributed by atoms with E-state index in [0.717, 1.165) is 11.3 Å². The van der Waals surface area contributed by atoms with Crippen molar-refractivity contribution in [3.8, 4) is 0 Å². The van der Waals surface area contributed by atoms with Gasteiger partial charge in [-0.05, 0) is 35.9 Å². The highest BCUT2D eigenvalue weighted by Crippen LogP contribution is 2.18. The Hall–Kier alpha value is -2.95. The Morgan fingerprint density at radius 2 is 1.78 bits per heavy atom. The molecule has 0 radical (unpaired) electrons.